The van der Waals surface area contributed by atoms with Crippen LogP contribution >= 0.6 is 11.5 Å². The van der Waals surface area contributed by atoms with Crippen LogP contribution in [0, 0.1) is 0 Å². The molecule has 10 heteroatoms. The van der Waals surface area contributed by atoms with E-state index in [0.717, 1.165) is 4.70 Å². The third-order valence-corrected chi connectivity index (χ3v) is 5.32. The molecule has 0 saturated heterocycles. The molecule has 0 unspecified atom stereocenters. The molecule has 4 aromatic rings. The van der Waals surface area contributed by atoms with Crippen molar-refractivity contribution in [2.75, 3.05) is 5.32 Å². The number of amides is 2. The Bertz CT molecular complexity index is 1240. The summed E-state index contributed by atoms with van der Waals surface area (Å²) < 4.78 is 3.66. The quantitative estimate of drug-likeness (QED) is 0.470. The van der Waals surface area contributed by atoms with E-state index in [1.807, 2.05) is 30.3 Å². The lowest BCUT2D eigenvalue weighted by molar-refractivity contribution is -0.121. The molecule has 9 nitrogen and oxygen atoms in total. The van der Waals surface area contributed by atoms with Gasteiger partial charge in [-0.15, -0.1) is 5.10 Å². The highest BCUT2D eigenvalue weighted by molar-refractivity contribution is 7.13. The number of benzene rings is 2. The normalized spacial score (nSPS) is 10.8. The molecule has 2 aromatic carbocycles. The molecule has 0 bridgehead atoms. The SMILES string of the molecule is O=C(Cn1sc2ccccc2c1=O)NCc1cn(CC(=O)Nc2ccccc2)nn1. The van der Waals surface area contributed by atoms with E-state index in [1.165, 1.54) is 20.2 Å². The van der Waals surface area contributed by atoms with Crippen molar-refractivity contribution < 1.29 is 9.59 Å². The zero-order valence-electron chi connectivity index (χ0n) is 15.8. The Kier molecular flexibility index (Phi) is 5.66. The van der Waals surface area contributed by atoms with E-state index in [-0.39, 0.29) is 37.0 Å². The molecule has 0 aliphatic carbocycles. The Hall–Kier alpha value is -3.79. The smallest absolute Gasteiger partial charge is 0.268 e. The van der Waals surface area contributed by atoms with Crippen LogP contribution in [0.1, 0.15) is 5.69 Å². The number of hydrogen-bond donors (Lipinski definition) is 2. The first kappa shape index (κ1) is 19.5. The van der Waals surface area contributed by atoms with Gasteiger partial charge in [0.1, 0.15) is 18.8 Å². The van der Waals surface area contributed by atoms with Crippen molar-refractivity contribution in [1.29, 1.82) is 0 Å². The molecule has 0 atom stereocenters. The Morgan fingerprint density at radius 3 is 2.53 bits per heavy atom. The summed E-state index contributed by atoms with van der Waals surface area (Å²) >= 11 is 1.25. The molecular weight excluding hydrogens is 404 g/mol. The van der Waals surface area contributed by atoms with Crippen molar-refractivity contribution in [3.8, 4) is 0 Å². The molecule has 4 rings (SSSR count). The highest BCUT2D eigenvalue weighted by Gasteiger charge is 2.12. The van der Waals surface area contributed by atoms with Crippen molar-refractivity contribution in [2.45, 2.75) is 19.6 Å². The molecule has 0 spiro atoms. The van der Waals surface area contributed by atoms with Gasteiger partial charge in [0.15, 0.2) is 0 Å². The van der Waals surface area contributed by atoms with Crippen LogP contribution in [0.4, 0.5) is 5.69 Å². The second-order valence-electron chi connectivity index (χ2n) is 6.53. The summed E-state index contributed by atoms with van der Waals surface area (Å²) in [5.74, 6) is -0.536. The average molecular weight is 422 g/mol. The highest BCUT2D eigenvalue weighted by Crippen LogP contribution is 2.15. The summed E-state index contributed by atoms with van der Waals surface area (Å²) in [7, 11) is 0. The van der Waals surface area contributed by atoms with Gasteiger partial charge in [-0.3, -0.25) is 18.3 Å². The van der Waals surface area contributed by atoms with E-state index >= 15 is 0 Å². The van der Waals surface area contributed by atoms with Crippen molar-refractivity contribution >= 4 is 39.1 Å². The number of carbonyl (C=O) groups excluding carboxylic acids is 2. The molecule has 152 valence electrons. The highest BCUT2D eigenvalue weighted by atomic mass is 32.1. The minimum atomic E-state index is -0.306. The molecule has 0 aliphatic heterocycles. The average Bonchev–Trinajstić information content (AvgIpc) is 3.31. The van der Waals surface area contributed by atoms with Crippen LogP contribution in [0.25, 0.3) is 10.1 Å². The van der Waals surface area contributed by atoms with Crippen molar-refractivity contribution in [3.63, 3.8) is 0 Å². The maximum absolute atomic E-state index is 12.3. The first-order valence-corrected chi connectivity index (χ1v) is 9.95. The number of fused-ring (bicyclic) bond motifs is 1. The van der Waals surface area contributed by atoms with E-state index in [0.29, 0.717) is 16.8 Å². The Balaban J connectivity index is 1.29. The largest absolute Gasteiger partial charge is 0.349 e. The predicted molar refractivity (Wildman–Crippen MR) is 113 cm³/mol. The van der Waals surface area contributed by atoms with Gasteiger partial charge in [-0.2, -0.15) is 0 Å². The zero-order chi connectivity index (χ0) is 20.9. The van der Waals surface area contributed by atoms with Crippen molar-refractivity contribution in [1.82, 2.24) is 24.3 Å². The summed E-state index contributed by atoms with van der Waals surface area (Å²) in [6.07, 6.45) is 1.59. The van der Waals surface area contributed by atoms with E-state index in [2.05, 4.69) is 20.9 Å². The minimum absolute atomic E-state index is 0.00696. The number of nitrogens with one attached hydrogen (secondary N) is 2. The summed E-state index contributed by atoms with van der Waals surface area (Å²) in [6.45, 7) is 0.0948. The van der Waals surface area contributed by atoms with Crippen molar-refractivity contribution in [2.24, 2.45) is 0 Å². The maximum Gasteiger partial charge on any atom is 0.268 e. The third kappa shape index (κ3) is 4.61. The van der Waals surface area contributed by atoms with Crippen molar-refractivity contribution in [3.05, 3.63) is 76.8 Å². The van der Waals surface area contributed by atoms with Crippen LogP contribution in [0.5, 0.6) is 0 Å². The second kappa shape index (κ2) is 8.70. The van der Waals surface area contributed by atoms with E-state index in [1.54, 1.807) is 30.5 Å². The molecule has 2 N–H and O–H groups in total. The zero-order valence-corrected chi connectivity index (χ0v) is 16.6. The molecule has 0 radical (unpaired) electrons. The number of para-hydroxylation sites is 1. The van der Waals surface area contributed by atoms with Crippen LogP contribution in [0.3, 0.4) is 0 Å². The standard InChI is InChI=1S/C20H18N6O3S/c27-18(13-26-20(29)16-8-4-5-9-17(16)30-26)21-10-15-11-25(24-23-15)12-19(28)22-14-6-2-1-3-7-14/h1-9,11H,10,12-13H2,(H,21,27)(H,22,28). The van der Waals surface area contributed by atoms with Crippen LogP contribution < -0.4 is 16.2 Å². The Morgan fingerprint density at radius 2 is 1.73 bits per heavy atom. The summed E-state index contributed by atoms with van der Waals surface area (Å²) in [5, 5.41) is 13.9. The fourth-order valence-corrected chi connectivity index (χ4v) is 3.86. The van der Waals surface area contributed by atoms with E-state index < -0.39 is 0 Å². The van der Waals surface area contributed by atoms with Gasteiger partial charge in [0.25, 0.3) is 5.56 Å². The van der Waals surface area contributed by atoms with Gasteiger partial charge in [-0.25, -0.2) is 4.68 Å². The fourth-order valence-electron chi connectivity index (χ4n) is 2.86. The van der Waals surface area contributed by atoms with Gasteiger partial charge in [-0.05, 0) is 24.3 Å². The lowest BCUT2D eigenvalue weighted by atomic mass is 10.3. The lowest BCUT2D eigenvalue weighted by Crippen LogP contribution is -2.29. The summed E-state index contributed by atoms with van der Waals surface area (Å²) in [4.78, 5) is 36.6. The number of rotatable bonds is 7. The number of nitrogens with zero attached hydrogens (tertiary/aromatic N) is 4. The molecule has 2 heterocycles. The summed E-state index contributed by atoms with van der Waals surface area (Å²) in [6, 6.07) is 16.4. The molecule has 2 aromatic heterocycles. The minimum Gasteiger partial charge on any atom is -0.349 e. The Morgan fingerprint density at radius 1 is 0.967 bits per heavy atom. The first-order chi connectivity index (χ1) is 14.6. The maximum atomic E-state index is 12.3. The van der Waals surface area contributed by atoms with Gasteiger partial charge < -0.3 is 10.6 Å². The number of hydrogen-bond acceptors (Lipinski definition) is 6. The van der Waals surface area contributed by atoms with Gasteiger partial charge >= 0.3 is 0 Å². The van der Waals surface area contributed by atoms with Gasteiger partial charge in [0, 0.05) is 5.69 Å². The van der Waals surface area contributed by atoms with Crippen LogP contribution in [0.2, 0.25) is 0 Å². The molecule has 0 fully saturated rings. The number of aromatic nitrogens is 4. The van der Waals surface area contributed by atoms with Crippen LogP contribution in [-0.2, 0) is 29.2 Å². The Labute approximate surface area is 175 Å². The molecule has 0 aliphatic rings. The van der Waals surface area contributed by atoms with Crippen LogP contribution in [0.15, 0.2) is 65.6 Å². The van der Waals surface area contributed by atoms with Gasteiger partial charge in [-0.1, -0.05) is 47.1 Å². The molecule has 30 heavy (non-hydrogen) atoms. The lowest BCUT2D eigenvalue weighted by Gasteiger charge is -2.04. The monoisotopic (exact) mass is 422 g/mol. The van der Waals surface area contributed by atoms with E-state index in [4.69, 9.17) is 0 Å². The van der Waals surface area contributed by atoms with Gasteiger partial charge in [0.2, 0.25) is 11.8 Å². The number of carbonyl (C=O) groups is 2. The topological polar surface area (TPSA) is 111 Å². The second-order valence-corrected chi connectivity index (χ2v) is 7.59. The fraction of sp³-hybridized carbons (Fsp3) is 0.150. The first-order valence-electron chi connectivity index (χ1n) is 9.18. The predicted octanol–water partition coefficient (Wildman–Crippen LogP) is 1.61. The van der Waals surface area contributed by atoms with Crippen LogP contribution in [-0.4, -0.2) is 30.8 Å². The molecule has 0 saturated carbocycles. The van der Waals surface area contributed by atoms with Gasteiger partial charge in [0.05, 0.1) is 22.8 Å². The third-order valence-electron chi connectivity index (χ3n) is 4.26. The number of anilines is 1. The summed E-state index contributed by atoms with van der Waals surface area (Å²) in [5.41, 5.74) is 1.03. The molecule has 2 amide bonds. The molecular formula is C20H18N6O3S. The van der Waals surface area contributed by atoms with E-state index in [9.17, 15) is 14.4 Å².